The molecule has 2 aromatic heterocycles. The largest absolute Gasteiger partial charge is 0.453 e. The van der Waals surface area contributed by atoms with Crippen LogP contribution in [0.25, 0.3) is 22.8 Å². The second kappa shape index (κ2) is 8.12. The van der Waals surface area contributed by atoms with Gasteiger partial charge in [0.1, 0.15) is 5.76 Å². The summed E-state index contributed by atoms with van der Waals surface area (Å²) in [6.45, 7) is -0.199. The van der Waals surface area contributed by atoms with Gasteiger partial charge in [-0.3, -0.25) is 4.79 Å². The first-order valence-electron chi connectivity index (χ1n) is 8.54. The van der Waals surface area contributed by atoms with Crippen LogP contribution in [0, 0.1) is 0 Å². The van der Waals surface area contributed by atoms with Gasteiger partial charge in [0.2, 0.25) is 5.89 Å². The Balaban J connectivity index is 1.48. The van der Waals surface area contributed by atoms with Crippen molar-refractivity contribution in [1.82, 2.24) is 10.2 Å². The molecule has 0 aliphatic heterocycles. The van der Waals surface area contributed by atoms with Crippen LogP contribution in [-0.4, -0.2) is 22.5 Å². The van der Waals surface area contributed by atoms with E-state index in [-0.39, 0.29) is 28.8 Å². The Morgan fingerprint density at radius 1 is 1.00 bits per heavy atom. The quantitative estimate of drug-likeness (QED) is 0.333. The number of benzene rings is 2. The Morgan fingerprint density at radius 3 is 2.59 bits per heavy atom. The third kappa shape index (κ3) is 4.09. The summed E-state index contributed by atoms with van der Waals surface area (Å²) >= 11 is 6.14. The van der Waals surface area contributed by atoms with Crippen molar-refractivity contribution in [2.24, 2.45) is 0 Å². The number of hydrogen-bond acceptors (Lipinski definition) is 7. The molecule has 4 aromatic rings. The van der Waals surface area contributed by atoms with Gasteiger partial charge in [-0.15, -0.1) is 10.2 Å². The van der Waals surface area contributed by atoms with E-state index in [2.05, 4.69) is 10.2 Å². The van der Waals surface area contributed by atoms with E-state index < -0.39 is 5.97 Å². The standard InChI is InChI=1S/C21H13ClN2O5/c22-17-8-6-14(18-9-7-15(11-25)28-18)10-16(17)21(26)27-12-19-23-24-20(29-19)13-4-2-1-3-5-13/h1-11H,12H2. The summed E-state index contributed by atoms with van der Waals surface area (Å²) in [4.78, 5) is 23.3. The molecule has 0 aliphatic rings. The van der Waals surface area contributed by atoms with Gasteiger partial charge in [-0.2, -0.15) is 0 Å². The summed E-state index contributed by atoms with van der Waals surface area (Å²) in [6, 6.07) is 17.2. The maximum atomic E-state index is 12.5. The van der Waals surface area contributed by atoms with Crippen LogP contribution in [-0.2, 0) is 11.3 Å². The maximum Gasteiger partial charge on any atom is 0.340 e. The van der Waals surface area contributed by atoms with Crippen molar-refractivity contribution in [2.45, 2.75) is 6.61 Å². The molecule has 29 heavy (non-hydrogen) atoms. The van der Waals surface area contributed by atoms with Gasteiger partial charge in [0.05, 0.1) is 10.6 Å². The molecule has 8 heteroatoms. The molecule has 0 atom stereocenters. The minimum Gasteiger partial charge on any atom is -0.453 e. The summed E-state index contributed by atoms with van der Waals surface area (Å²) < 4.78 is 16.1. The van der Waals surface area contributed by atoms with E-state index in [0.29, 0.717) is 23.5 Å². The molecule has 0 saturated carbocycles. The second-order valence-corrected chi connectivity index (χ2v) is 6.36. The van der Waals surface area contributed by atoms with Crippen LogP contribution in [0.2, 0.25) is 5.02 Å². The maximum absolute atomic E-state index is 12.5. The summed E-state index contributed by atoms with van der Waals surface area (Å²) in [5.74, 6) is 0.456. The number of nitrogens with zero attached hydrogens (tertiary/aromatic N) is 2. The molecule has 0 amide bonds. The molecule has 0 N–H and O–H groups in total. The highest BCUT2D eigenvalue weighted by Gasteiger charge is 2.17. The number of hydrogen-bond donors (Lipinski definition) is 0. The first-order valence-corrected chi connectivity index (χ1v) is 8.91. The molecule has 0 saturated heterocycles. The smallest absolute Gasteiger partial charge is 0.340 e. The molecule has 0 spiro atoms. The van der Waals surface area contributed by atoms with Gasteiger partial charge >= 0.3 is 5.97 Å². The predicted molar refractivity (Wildman–Crippen MR) is 103 cm³/mol. The number of esters is 1. The van der Waals surface area contributed by atoms with E-state index in [4.69, 9.17) is 25.2 Å². The van der Waals surface area contributed by atoms with E-state index in [1.54, 1.807) is 18.2 Å². The average Bonchev–Trinajstić information content (AvgIpc) is 3.43. The monoisotopic (exact) mass is 408 g/mol. The van der Waals surface area contributed by atoms with Crippen LogP contribution in [0.4, 0.5) is 0 Å². The van der Waals surface area contributed by atoms with Crippen molar-refractivity contribution < 1.29 is 23.2 Å². The van der Waals surface area contributed by atoms with E-state index in [9.17, 15) is 9.59 Å². The Kier molecular flexibility index (Phi) is 5.22. The highest BCUT2D eigenvalue weighted by molar-refractivity contribution is 6.33. The van der Waals surface area contributed by atoms with Crippen LogP contribution in [0.5, 0.6) is 0 Å². The SMILES string of the molecule is O=Cc1ccc(-c2ccc(Cl)c(C(=O)OCc3nnc(-c4ccccc4)o3)c2)o1. The summed E-state index contributed by atoms with van der Waals surface area (Å²) in [6.07, 6.45) is 0.600. The number of aldehydes is 1. The molecule has 0 radical (unpaired) electrons. The van der Waals surface area contributed by atoms with Crippen LogP contribution >= 0.6 is 11.6 Å². The minimum atomic E-state index is -0.654. The fraction of sp³-hybridized carbons (Fsp3) is 0.0476. The second-order valence-electron chi connectivity index (χ2n) is 5.96. The molecule has 2 aromatic carbocycles. The predicted octanol–water partition coefficient (Wildman–Crippen LogP) is 4.82. The van der Waals surface area contributed by atoms with E-state index in [1.807, 2.05) is 30.3 Å². The van der Waals surface area contributed by atoms with Gasteiger partial charge in [0, 0.05) is 11.1 Å². The number of halogens is 1. The van der Waals surface area contributed by atoms with E-state index in [1.165, 1.54) is 12.1 Å². The molecule has 2 heterocycles. The van der Waals surface area contributed by atoms with Crippen molar-refractivity contribution in [3.63, 3.8) is 0 Å². The zero-order valence-corrected chi connectivity index (χ0v) is 15.6. The molecule has 0 unspecified atom stereocenters. The lowest BCUT2D eigenvalue weighted by Gasteiger charge is -2.06. The first kappa shape index (κ1) is 18.6. The molecular weight excluding hydrogens is 396 g/mol. The number of aromatic nitrogens is 2. The Morgan fingerprint density at radius 2 is 1.83 bits per heavy atom. The van der Waals surface area contributed by atoms with Crippen molar-refractivity contribution in [3.05, 3.63) is 82.9 Å². The van der Waals surface area contributed by atoms with Crippen LogP contribution in [0.1, 0.15) is 26.8 Å². The number of carbonyl (C=O) groups is 2. The lowest BCUT2D eigenvalue weighted by atomic mass is 10.1. The number of carbonyl (C=O) groups excluding carboxylic acids is 2. The third-order valence-electron chi connectivity index (χ3n) is 4.03. The normalized spacial score (nSPS) is 10.7. The van der Waals surface area contributed by atoms with E-state index >= 15 is 0 Å². The molecule has 4 rings (SSSR count). The minimum absolute atomic E-state index is 0.149. The summed E-state index contributed by atoms with van der Waals surface area (Å²) in [7, 11) is 0. The molecular formula is C21H13ClN2O5. The molecule has 7 nitrogen and oxygen atoms in total. The third-order valence-corrected chi connectivity index (χ3v) is 4.36. The van der Waals surface area contributed by atoms with Gasteiger partial charge in [0.15, 0.2) is 18.7 Å². The van der Waals surface area contributed by atoms with Gasteiger partial charge in [-0.05, 0) is 42.5 Å². The highest BCUT2D eigenvalue weighted by atomic mass is 35.5. The molecule has 0 fully saturated rings. The Labute approximate surface area is 169 Å². The lowest BCUT2D eigenvalue weighted by molar-refractivity contribution is 0.0439. The van der Waals surface area contributed by atoms with Gasteiger partial charge < -0.3 is 13.6 Å². The van der Waals surface area contributed by atoms with Crippen molar-refractivity contribution in [2.75, 3.05) is 0 Å². The van der Waals surface area contributed by atoms with Gasteiger partial charge in [0.25, 0.3) is 5.89 Å². The molecule has 0 bridgehead atoms. The zero-order valence-electron chi connectivity index (χ0n) is 14.9. The molecule has 0 aliphatic carbocycles. The fourth-order valence-electron chi connectivity index (χ4n) is 2.62. The lowest BCUT2D eigenvalue weighted by Crippen LogP contribution is -2.06. The molecule has 144 valence electrons. The van der Waals surface area contributed by atoms with E-state index in [0.717, 1.165) is 5.56 Å². The summed E-state index contributed by atoms with van der Waals surface area (Å²) in [5.41, 5.74) is 1.50. The van der Waals surface area contributed by atoms with Crippen LogP contribution in [0.15, 0.2) is 69.5 Å². The highest BCUT2D eigenvalue weighted by Crippen LogP contribution is 2.27. The Bertz CT molecular complexity index is 1170. The summed E-state index contributed by atoms with van der Waals surface area (Å²) in [5, 5.41) is 8.05. The van der Waals surface area contributed by atoms with Crippen LogP contribution < -0.4 is 0 Å². The number of furan rings is 1. The van der Waals surface area contributed by atoms with Crippen molar-refractivity contribution in [3.8, 4) is 22.8 Å². The van der Waals surface area contributed by atoms with Crippen LogP contribution in [0.3, 0.4) is 0 Å². The Hall–Kier alpha value is -3.71. The first-order chi connectivity index (χ1) is 14.1. The van der Waals surface area contributed by atoms with Crippen molar-refractivity contribution >= 4 is 23.9 Å². The zero-order chi connectivity index (χ0) is 20.2. The number of ether oxygens (including phenoxy) is 1. The topological polar surface area (TPSA) is 95.4 Å². The van der Waals surface area contributed by atoms with Crippen molar-refractivity contribution in [1.29, 1.82) is 0 Å². The van der Waals surface area contributed by atoms with Gasteiger partial charge in [-0.25, -0.2) is 4.79 Å². The fourth-order valence-corrected chi connectivity index (χ4v) is 2.82. The van der Waals surface area contributed by atoms with Gasteiger partial charge in [-0.1, -0.05) is 29.8 Å². The number of rotatable bonds is 6. The average molecular weight is 409 g/mol.